The molecule has 0 saturated heterocycles. The minimum Gasteiger partial charge on any atom is -0.417 e. The van der Waals surface area contributed by atoms with Gasteiger partial charge in [0.2, 0.25) is 0 Å². The highest BCUT2D eigenvalue weighted by molar-refractivity contribution is 6.74. The molecule has 0 aromatic carbocycles. The summed E-state index contributed by atoms with van der Waals surface area (Å²) in [4.78, 5) is 11.9. The van der Waals surface area contributed by atoms with Gasteiger partial charge in [-0.2, -0.15) is 0 Å². The molecule has 0 saturated carbocycles. The van der Waals surface area contributed by atoms with Gasteiger partial charge in [0.05, 0.1) is 0 Å². The summed E-state index contributed by atoms with van der Waals surface area (Å²) in [7, 11) is -1.62. The molecule has 0 aliphatic carbocycles. The van der Waals surface area contributed by atoms with E-state index in [1.165, 1.54) is 25.7 Å². The molecule has 0 radical (unpaired) electrons. The van der Waals surface area contributed by atoms with Crippen LogP contribution in [0.4, 0.5) is 0 Å². The predicted molar refractivity (Wildman–Crippen MR) is 118 cm³/mol. The SMILES string of the molecule is C=CCCC=CCCCCCCC(=O)CCCCO[Si](C)(C)C(C)(C)C. The number of unbranched alkanes of at least 4 members (excludes halogenated alkanes) is 6. The lowest BCUT2D eigenvalue weighted by Crippen LogP contribution is -2.40. The zero-order chi connectivity index (χ0) is 19.9. The summed E-state index contributed by atoms with van der Waals surface area (Å²) in [5.41, 5.74) is 0. The van der Waals surface area contributed by atoms with E-state index in [2.05, 4.69) is 52.6 Å². The van der Waals surface area contributed by atoms with Crippen LogP contribution in [0.2, 0.25) is 18.1 Å². The molecule has 0 spiro atoms. The number of carbonyl (C=O) groups is 1. The van der Waals surface area contributed by atoms with E-state index in [0.29, 0.717) is 5.78 Å². The first-order valence-electron chi connectivity index (χ1n) is 10.6. The third kappa shape index (κ3) is 13.5. The van der Waals surface area contributed by atoms with Crippen LogP contribution in [0.1, 0.15) is 91.4 Å². The summed E-state index contributed by atoms with van der Waals surface area (Å²) in [6.45, 7) is 15.9. The number of rotatable bonds is 16. The standard InChI is InChI=1S/C23H44O2Si/c1-7-8-9-10-11-12-13-14-15-16-19-22(24)20-17-18-21-25-26(5,6)23(2,3)4/h7,10-11H,1,8-9,12-21H2,2-6H3. The zero-order valence-corrected chi connectivity index (χ0v) is 19.2. The lowest BCUT2D eigenvalue weighted by Gasteiger charge is -2.36. The smallest absolute Gasteiger partial charge is 0.191 e. The van der Waals surface area contributed by atoms with E-state index in [0.717, 1.165) is 51.6 Å². The molecule has 0 heterocycles. The highest BCUT2D eigenvalue weighted by Gasteiger charge is 2.36. The van der Waals surface area contributed by atoms with Crippen molar-refractivity contribution in [3.63, 3.8) is 0 Å². The van der Waals surface area contributed by atoms with Gasteiger partial charge in [-0.05, 0) is 63.1 Å². The van der Waals surface area contributed by atoms with E-state index >= 15 is 0 Å². The highest BCUT2D eigenvalue weighted by atomic mass is 28.4. The number of ketones is 1. The normalized spacial score (nSPS) is 12.7. The van der Waals surface area contributed by atoms with Crippen LogP contribution in [0.15, 0.2) is 24.8 Å². The van der Waals surface area contributed by atoms with Gasteiger partial charge in [0.25, 0.3) is 0 Å². The van der Waals surface area contributed by atoms with E-state index in [9.17, 15) is 4.79 Å². The Bertz CT molecular complexity index is 405. The van der Waals surface area contributed by atoms with E-state index in [1.54, 1.807) is 0 Å². The number of hydrogen-bond donors (Lipinski definition) is 0. The molecule has 152 valence electrons. The highest BCUT2D eigenvalue weighted by Crippen LogP contribution is 2.36. The van der Waals surface area contributed by atoms with Gasteiger partial charge < -0.3 is 4.43 Å². The molecule has 0 aliphatic heterocycles. The Hall–Kier alpha value is -0.673. The van der Waals surface area contributed by atoms with Gasteiger partial charge in [-0.15, -0.1) is 6.58 Å². The third-order valence-corrected chi connectivity index (χ3v) is 9.94. The number of Topliss-reactive ketones (excluding diaryl/α,β-unsaturated/α-hetero) is 1. The van der Waals surface area contributed by atoms with Gasteiger partial charge in [0, 0.05) is 19.4 Å². The second kappa shape index (κ2) is 14.4. The van der Waals surface area contributed by atoms with Crippen molar-refractivity contribution in [2.75, 3.05) is 6.61 Å². The zero-order valence-electron chi connectivity index (χ0n) is 18.2. The molecule has 0 N–H and O–H groups in total. The molecule has 0 aromatic heterocycles. The van der Waals surface area contributed by atoms with Crippen LogP contribution in [-0.2, 0) is 9.22 Å². The Balaban J connectivity index is 3.50. The second-order valence-electron chi connectivity index (χ2n) is 8.89. The Morgan fingerprint density at radius 1 is 0.885 bits per heavy atom. The van der Waals surface area contributed by atoms with Crippen molar-refractivity contribution in [2.24, 2.45) is 0 Å². The maximum absolute atomic E-state index is 11.9. The van der Waals surface area contributed by atoms with Crippen LogP contribution >= 0.6 is 0 Å². The first-order chi connectivity index (χ1) is 12.2. The Labute approximate surface area is 164 Å². The van der Waals surface area contributed by atoms with Gasteiger partial charge in [-0.1, -0.05) is 51.8 Å². The lowest BCUT2D eigenvalue weighted by molar-refractivity contribution is -0.119. The van der Waals surface area contributed by atoms with Crippen molar-refractivity contribution in [3.05, 3.63) is 24.8 Å². The molecule has 0 aliphatic rings. The second-order valence-corrected chi connectivity index (χ2v) is 13.7. The minimum atomic E-state index is -1.62. The van der Waals surface area contributed by atoms with E-state index in [1.807, 2.05) is 6.08 Å². The van der Waals surface area contributed by atoms with Gasteiger partial charge in [0.15, 0.2) is 8.32 Å². The van der Waals surface area contributed by atoms with E-state index in [4.69, 9.17) is 4.43 Å². The van der Waals surface area contributed by atoms with E-state index in [-0.39, 0.29) is 5.04 Å². The summed E-state index contributed by atoms with van der Waals surface area (Å²) in [6, 6.07) is 0. The Morgan fingerprint density at radius 2 is 1.46 bits per heavy atom. The van der Waals surface area contributed by atoms with Gasteiger partial charge >= 0.3 is 0 Å². The van der Waals surface area contributed by atoms with Crippen LogP contribution in [0.25, 0.3) is 0 Å². The predicted octanol–water partition coefficient (Wildman–Crippen LogP) is 7.61. The Kier molecular flexibility index (Phi) is 14.0. The summed E-state index contributed by atoms with van der Waals surface area (Å²) >= 11 is 0. The largest absolute Gasteiger partial charge is 0.417 e. The topological polar surface area (TPSA) is 26.3 Å². The summed E-state index contributed by atoms with van der Waals surface area (Å²) in [5.74, 6) is 0.432. The molecular weight excluding hydrogens is 336 g/mol. The maximum Gasteiger partial charge on any atom is 0.191 e. The van der Waals surface area contributed by atoms with Gasteiger partial charge in [0.1, 0.15) is 5.78 Å². The quantitative estimate of drug-likeness (QED) is 0.156. The van der Waals surface area contributed by atoms with E-state index < -0.39 is 8.32 Å². The minimum absolute atomic E-state index is 0.268. The van der Waals surface area contributed by atoms with Gasteiger partial charge in [-0.3, -0.25) is 4.79 Å². The Morgan fingerprint density at radius 3 is 2.08 bits per heavy atom. The molecule has 0 aromatic rings. The number of carbonyl (C=O) groups excluding carboxylic acids is 1. The molecular formula is C23H44O2Si. The fourth-order valence-electron chi connectivity index (χ4n) is 2.48. The summed E-state index contributed by atoms with van der Waals surface area (Å²) < 4.78 is 6.16. The summed E-state index contributed by atoms with van der Waals surface area (Å²) in [6.07, 6.45) is 18.0. The molecule has 3 heteroatoms. The first-order valence-corrected chi connectivity index (χ1v) is 13.5. The number of allylic oxidation sites excluding steroid dienone is 3. The summed E-state index contributed by atoms with van der Waals surface area (Å²) in [5, 5.41) is 0.268. The molecule has 0 unspecified atom stereocenters. The van der Waals surface area contributed by atoms with Crippen molar-refractivity contribution < 1.29 is 9.22 Å². The molecule has 0 amide bonds. The number of hydrogen-bond acceptors (Lipinski definition) is 2. The van der Waals surface area contributed by atoms with Crippen LogP contribution in [0.5, 0.6) is 0 Å². The van der Waals surface area contributed by atoms with Crippen molar-refractivity contribution in [2.45, 2.75) is 110 Å². The first kappa shape index (κ1) is 25.3. The molecule has 2 nitrogen and oxygen atoms in total. The third-order valence-electron chi connectivity index (χ3n) is 5.40. The average molecular weight is 381 g/mol. The maximum atomic E-state index is 11.9. The van der Waals surface area contributed by atoms with Crippen LogP contribution in [0.3, 0.4) is 0 Å². The van der Waals surface area contributed by atoms with Crippen molar-refractivity contribution in [1.29, 1.82) is 0 Å². The fourth-order valence-corrected chi connectivity index (χ4v) is 3.57. The van der Waals surface area contributed by atoms with Crippen LogP contribution in [0, 0.1) is 0 Å². The van der Waals surface area contributed by atoms with Crippen LogP contribution in [-0.4, -0.2) is 20.7 Å². The average Bonchev–Trinajstić information content (AvgIpc) is 2.55. The molecule has 0 fully saturated rings. The van der Waals surface area contributed by atoms with Crippen molar-refractivity contribution in [3.8, 4) is 0 Å². The van der Waals surface area contributed by atoms with Crippen molar-refractivity contribution >= 4 is 14.1 Å². The molecule has 0 bridgehead atoms. The molecule has 0 atom stereocenters. The van der Waals surface area contributed by atoms with Gasteiger partial charge in [-0.25, -0.2) is 0 Å². The molecule has 26 heavy (non-hydrogen) atoms. The monoisotopic (exact) mass is 380 g/mol. The lowest BCUT2D eigenvalue weighted by atomic mass is 10.1. The van der Waals surface area contributed by atoms with Crippen molar-refractivity contribution in [1.82, 2.24) is 0 Å². The van der Waals surface area contributed by atoms with Crippen LogP contribution < -0.4 is 0 Å². The molecule has 0 rings (SSSR count). The fraction of sp³-hybridized carbons (Fsp3) is 0.783.